The number of hydrogen-bond donors (Lipinski definition) is 1. The summed E-state index contributed by atoms with van der Waals surface area (Å²) in [4.78, 5) is 0. The van der Waals surface area contributed by atoms with E-state index in [1.807, 2.05) is 0 Å². The van der Waals surface area contributed by atoms with Crippen LogP contribution in [0.4, 0.5) is 22.0 Å². The van der Waals surface area contributed by atoms with Crippen LogP contribution in [0.3, 0.4) is 0 Å². The summed E-state index contributed by atoms with van der Waals surface area (Å²) in [5.41, 5.74) is -1.68. The van der Waals surface area contributed by atoms with Crippen molar-refractivity contribution >= 4 is 15.9 Å². The number of hydrogen-bond acceptors (Lipinski definition) is 1. The second kappa shape index (κ2) is 4.89. The molecule has 0 saturated carbocycles. The van der Waals surface area contributed by atoms with Crippen LogP contribution in [-0.2, 0) is 12.6 Å². The van der Waals surface area contributed by atoms with Crippen molar-refractivity contribution in [1.29, 1.82) is 0 Å². The summed E-state index contributed by atoms with van der Waals surface area (Å²) in [7, 11) is 0. The molecule has 0 spiro atoms. The van der Waals surface area contributed by atoms with Crippen LogP contribution in [0.1, 0.15) is 11.1 Å². The number of rotatable bonds is 3. The molecule has 1 N–H and O–H groups in total. The summed E-state index contributed by atoms with van der Waals surface area (Å²) in [5.74, 6) is -3.58. The van der Waals surface area contributed by atoms with E-state index in [1.54, 1.807) is 0 Å². The molecule has 0 bridgehead atoms. The lowest BCUT2D eigenvalue weighted by molar-refractivity contribution is -0.139. The van der Waals surface area contributed by atoms with E-state index in [4.69, 9.17) is 5.11 Å². The van der Waals surface area contributed by atoms with Crippen LogP contribution >= 0.6 is 15.9 Å². The molecular formula is C10H8BrF5O. The topological polar surface area (TPSA) is 20.2 Å². The van der Waals surface area contributed by atoms with Crippen molar-refractivity contribution < 1.29 is 27.1 Å². The molecule has 7 heteroatoms. The number of halogens is 6. The standard InChI is InChI=1S/C10H8BrF5O/c11-8-3-1-2-7(10(14,15)16)6(8)4-9(12,13)5-17/h1-3,17H,4-5H2. The van der Waals surface area contributed by atoms with Crippen LogP contribution in [-0.4, -0.2) is 17.6 Å². The van der Waals surface area contributed by atoms with Gasteiger partial charge in [-0.25, -0.2) is 8.78 Å². The number of aliphatic hydroxyl groups is 1. The smallest absolute Gasteiger partial charge is 0.390 e. The van der Waals surface area contributed by atoms with Crippen LogP contribution in [0.25, 0.3) is 0 Å². The minimum Gasteiger partial charge on any atom is -0.390 e. The number of alkyl halides is 5. The van der Waals surface area contributed by atoms with Crippen LogP contribution in [0.5, 0.6) is 0 Å². The van der Waals surface area contributed by atoms with Crippen molar-refractivity contribution in [3.05, 3.63) is 33.8 Å². The first-order valence-electron chi connectivity index (χ1n) is 4.50. The zero-order valence-corrected chi connectivity index (χ0v) is 9.95. The first-order chi connectivity index (χ1) is 7.67. The third-order valence-corrected chi connectivity index (χ3v) is 2.83. The maximum absolute atomic E-state index is 12.9. The molecule has 1 aromatic rings. The largest absolute Gasteiger partial charge is 0.416 e. The summed E-state index contributed by atoms with van der Waals surface area (Å²) in [6.45, 7) is -1.49. The molecular weight excluding hydrogens is 311 g/mol. The molecule has 1 nitrogen and oxygen atoms in total. The van der Waals surface area contributed by atoms with Crippen LogP contribution < -0.4 is 0 Å². The molecule has 0 aliphatic rings. The Hall–Kier alpha value is -0.690. The van der Waals surface area contributed by atoms with Gasteiger partial charge in [0.15, 0.2) is 0 Å². The summed E-state index contributed by atoms with van der Waals surface area (Å²) in [6, 6.07) is 3.10. The van der Waals surface area contributed by atoms with E-state index in [0.29, 0.717) is 0 Å². The van der Waals surface area contributed by atoms with E-state index in [9.17, 15) is 22.0 Å². The molecule has 1 aromatic carbocycles. The van der Waals surface area contributed by atoms with Gasteiger partial charge in [-0.3, -0.25) is 0 Å². The highest BCUT2D eigenvalue weighted by Crippen LogP contribution is 2.37. The predicted molar refractivity (Wildman–Crippen MR) is 54.9 cm³/mol. The number of aliphatic hydroxyl groups excluding tert-OH is 1. The lowest BCUT2D eigenvalue weighted by Gasteiger charge is -2.18. The summed E-state index contributed by atoms with van der Waals surface area (Å²) < 4.78 is 63.6. The molecule has 0 aliphatic carbocycles. The SMILES string of the molecule is OCC(F)(F)Cc1c(Br)cccc1C(F)(F)F. The molecule has 0 heterocycles. The van der Waals surface area contributed by atoms with Gasteiger partial charge in [-0.1, -0.05) is 22.0 Å². The molecule has 96 valence electrons. The first kappa shape index (κ1) is 14.4. The van der Waals surface area contributed by atoms with Gasteiger partial charge in [0.1, 0.15) is 6.61 Å². The van der Waals surface area contributed by atoms with Crippen molar-refractivity contribution in [2.24, 2.45) is 0 Å². The molecule has 0 unspecified atom stereocenters. The molecule has 0 radical (unpaired) electrons. The maximum atomic E-state index is 12.9. The molecule has 0 atom stereocenters. The van der Waals surface area contributed by atoms with Gasteiger partial charge in [-0.05, 0) is 17.7 Å². The Labute approximate surface area is 102 Å². The number of benzene rings is 1. The molecule has 1 rings (SSSR count). The fraction of sp³-hybridized carbons (Fsp3) is 0.400. The van der Waals surface area contributed by atoms with E-state index >= 15 is 0 Å². The van der Waals surface area contributed by atoms with E-state index < -0.39 is 36.3 Å². The average molecular weight is 319 g/mol. The van der Waals surface area contributed by atoms with Gasteiger partial charge in [-0.2, -0.15) is 13.2 Å². The quantitative estimate of drug-likeness (QED) is 0.844. The highest BCUT2D eigenvalue weighted by molar-refractivity contribution is 9.10. The van der Waals surface area contributed by atoms with Gasteiger partial charge in [0.25, 0.3) is 5.92 Å². The second-order valence-electron chi connectivity index (χ2n) is 3.45. The monoisotopic (exact) mass is 318 g/mol. The van der Waals surface area contributed by atoms with Crippen molar-refractivity contribution in [3.8, 4) is 0 Å². The molecule has 0 fully saturated rings. The van der Waals surface area contributed by atoms with E-state index in [0.717, 1.165) is 12.1 Å². The van der Waals surface area contributed by atoms with Gasteiger partial charge < -0.3 is 5.11 Å². The lowest BCUT2D eigenvalue weighted by atomic mass is 10.0. The van der Waals surface area contributed by atoms with Crippen LogP contribution in [0.15, 0.2) is 22.7 Å². The van der Waals surface area contributed by atoms with Crippen molar-refractivity contribution in [1.82, 2.24) is 0 Å². The highest BCUT2D eigenvalue weighted by atomic mass is 79.9. The second-order valence-corrected chi connectivity index (χ2v) is 4.31. The van der Waals surface area contributed by atoms with E-state index in [-0.39, 0.29) is 4.47 Å². The van der Waals surface area contributed by atoms with Crippen molar-refractivity contribution in [2.75, 3.05) is 6.61 Å². The molecule has 0 aliphatic heterocycles. The summed E-state index contributed by atoms with van der Waals surface area (Å²) in [6.07, 6.45) is -5.87. The zero-order valence-electron chi connectivity index (χ0n) is 8.36. The van der Waals surface area contributed by atoms with Crippen molar-refractivity contribution in [2.45, 2.75) is 18.5 Å². The minimum atomic E-state index is -4.70. The van der Waals surface area contributed by atoms with Gasteiger partial charge >= 0.3 is 6.18 Å². The highest BCUT2D eigenvalue weighted by Gasteiger charge is 2.38. The Balaban J connectivity index is 3.22. The van der Waals surface area contributed by atoms with E-state index in [1.165, 1.54) is 6.07 Å². The first-order valence-corrected chi connectivity index (χ1v) is 5.30. The predicted octanol–water partition coefficient (Wildman–Crippen LogP) is 3.64. The Morgan fingerprint density at radius 3 is 2.18 bits per heavy atom. The van der Waals surface area contributed by atoms with Crippen LogP contribution in [0, 0.1) is 0 Å². The maximum Gasteiger partial charge on any atom is 0.416 e. The van der Waals surface area contributed by atoms with Crippen molar-refractivity contribution in [3.63, 3.8) is 0 Å². The van der Waals surface area contributed by atoms with E-state index in [2.05, 4.69) is 15.9 Å². The lowest BCUT2D eigenvalue weighted by Crippen LogP contribution is -2.26. The molecule has 0 aromatic heterocycles. The Kier molecular flexibility index (Phi) is 4.14. The Morgan fingerprint density at radius 1 is 1.12 bits per heavy atom. The third-order valence-electron chi connectivity index (χ3n) is 2.09. The molecule has 0 amide bonds. The van der Waals surface area contributed by atoms with Crippen LogP contribution in [0.2, 0.25) is 0 Å². The fourth-order valence-corrected chi connectivity index (χ4v) is 1.82. The van der Waals surface area contributed by atoms with Gasteiger partial charge in [0.05, 0.1) is 5.56 Å². The average Bonchev–Trinajstić information content (AvgIpc) is 2.19. The van der Waals surface area contributed by atoms with Gasteiger partial charge in [-0.15, -0.1) is 0 Å². The van der Waals surface area contributed by atoms with Gasteiger partial charge in [0, 0.05) is 10.9 Å². The normalized spacial score (nSPS) is 12.9. The fourth-order valence-electron chi connectivity index (χ4n) is 1.32. The summed E-state index contributed by atoms with van der Waals surface area (Å²) in [5, 5.41) is 8.39. The van der Waals surface area contributed by atoms with Gasteiger partial charge in [0.2, 0.25) is 0 Å². The Morgan fingerprint density at radius 2 is 1.71 bits per heavy atom. The molecule has 0 saturated heterocycles. The Bertz CT molecular complexity index is 402. The summed E-state index contributed by atoms with van der Waals surface area (Å²) >= 11 is 2.81. The third kappa shape index (κ3) is 3.64. The zero-order chi connectivity index (χ0) is 13.3. The molecule has 17 heavy (non-hydrogen) atoms. The minimum absolute atomic E-state index is 0.0551.